The molecule has 0 atom stereocenters. The van der Waals surface area contributed by atoms with Gasteiger partial charge in [0.05, 0.1) is 12.3 Å². The van der Waals surface area contributed by atoms with Crippen LogP contribution in [0.5, 0.6) is 11.6 Å². The second-order valence-electron chi connectivity index (χ2n) is 4.35. The Kier molecular flexibility index (Phi) is 3.89. The van der Waals surface area contributed by atoms with Crippen molar-refractivity contribution < 1.29 is 9.84 Å². The average molecular weight is 244 g/mol. The Balaban J connectivity index is 2.08. The molecule has 4 heteroatoms. The molecule has 1 heterocycles. The summed E-state index contributed by atoms with van der Waals surface area (Å²) in [5.41, 5.74) is 1.79. The highest BCUT2D eigenvalue weighted by Gasteiger charge is 2.02. The Labute approximate surface area is 106 Å². The Morgan fingerprint density at radius 2 is 1.78 bits per heavy atom. The first-order valence-electron chi connectivity index (χ1n) is 5.90. The fraction of sp³-hybridized carbons (Fsp3) is 0.286. The lowest BCUT2D eigenvalue weighted by molar-refractivity contribution is 0.274. The number of ether oxygens (including phenoxy) is 1. The SMILES string of the molecule is CC(C)c1ccc(Oc2ccc(CO)nn2)cc1. The summed E-state index contributed by atoms with van der Waals surface area (Å²) in [7, 11) is 0. The molecule has 0 bridgehead atoms. The maximum Gasteiger partial charge on any atom is 0.238 e. The fourth-order valence-electron chi connectivity index (χ4n) is 1.53. The minimum atomic E-state index is -0.115. The lowest BCUT2D eigenvalue weighted by Crippen LogP contribution is -1.95. The van der Waals surface area contributed by atoms with E-state index in [1.54, 1.807) is 12.1 Å². The molecule has 0 saturated heterocycles. The van der Waals surface area contributed by atoms with E-state index in [4.69, 9.17) is 9.84 Å². The maximum absolute atomic E-state index is 8.86. The Morgan fingerprint density at radius 3 is 2.28 bits per heavy atom. The minimum absolute atomic E-state index is 0.115. The van der Waals surface area contributed by atoms with Gasteiger partial charge in [-0.1, -0.05) is 26.0 Å². The molecule has 0 fully saturated rings. The average Bonchev–Trinajstić information content (AvgIpc) is 2.40. The molecule has 4 nitrogen and oxygen atoms in total. The number of benzene rings is 1. The Morgan fingerprint density at radius 1 is 1.06 bits per heavy atom. The quantitative estimate of drug-likeness (QED) is 0.898. The predicted octanol–water partition coefficient (Wildman–Crippen LogP) is 2.88. The van der Waals surface area contributed by atoms with Crippen LogP contribution in [-0.4, -0.2) is 15.3 Å². The number of hydrogen-bond donors (Lipinski definition) is 1. The van der Waals surface area contributed by atoms with Gasteiger partial charge in [-0.15, -0.1) is 10.2 Å². The molecular formula is C14H16N2O2. The summed E-state index contributed by atoms with van der Waals surface area (Å²) in [4.78, 5) is 0. The predicted molar refractivity (Wildman–Crippen MR) is 68.6 cm³/mol. The van der Waals surface area contributed by atoms with E-state index < -0.39 is 0 Å². The van der Waals surface area contributed by atoms with Crippen LogP contribution in [-0.2, 0) is 6.61 Å². The molecular weight excluding hydrogens is 228 g/mol. The molecule has 0 aliphatic rings. The van der Waals surface area contributed by atoms with Crippen molar-refractivity contribution in [3.05, 3.63) is 47.7 Å². The van der Waals surface area contributed by atoms with E-state index in [1.807, 2.05) is 24.3 Å². The van der Waals surface area contributed by atoms with Crippen molar-refractivity contribution >= 4 is 0 Å². The highest BCUT2D eigenvalue weighted by Crippen LogP contribution is 2.22. The van der Waals surface area contributed by atoms with Crippen LogP contribution in [0.1, 0.15) is 31.0 Å². The van der Waals surface area contributed by atoms with Gasteiger partial charge in [-0.05, 0) is 29.7 Å². The van der Waals surface area contributed by atoms with Gasteiger partial charge in [0, 0.05) is 6.07 Å². The van der Waals surface area contributed by atoms with E-state index in [0.717, 1.165) is 5.75 Å². The fourth-order valence-corrected chi connectivity index (χ4v) is 1.53. The molecule has 0 spiro atoms. The number of aromatic nitrogens is 2. The third kappa shape index (κ3) is 3.05. The first kappa shape index (κ1) is 12.5. The zero-order valence-corrected chi connectivity index (χ0v) is 10.5. The molecule has 0 saturated carbocycles. The zero-order valence-electron chi connectivity index (χ0n) is 10.5. The van der Waals surface area contributed by atoms with Gasteiger partial charge < -0.3 is 9.84 Å². The zero-order chi connectivity index (χ0) is 13.0. The highest BCUT2D eigenvalue weighted by atomic mass is 16.5. The van der Waals surface area contributed by atoms with Gasteiger partial charge in [0.1, 0.15) is 5.75 Å². The minimum Gasteiger partial charge on any atom is -0.438 e. The molecule has 1 aromatic carbocycles. The lowest BCUT2D eigenvalue weighted by atomic mass is 10.0. The van der Waals surface area contributed by atoms with Crippen molar-refractivity contribution in [2.24, 2.45) is 0 Å². The maximum atomic E-state index is 8.86. The number of aliphatic hydroxyl groups excluding tert-OH is 1. The summed E-state index contributed by atoms with van der Waals surface area (Å²) in [5.74, 6) is 1.65. The molecule has 18 heavy (non-hydrogen) atoms. The Hall–Kier alpha value is -1.94. The molecule has 0 unspecified atom stereocenters. The third-order valence-electron chi connectivity index (χ3n) is 2.63. The summed E-state index contributed by atoms with van der Waals surface area (Å²) in [5, 5.41) is 16.5. The second-order valence-corrected chi connectivity index (χ2v) is 4.35. The summed E-state index contributed by atoms with van der Waals surface area (Å²) in [6.45, 7) is 4.18. The van der Waals surface area contributed by atoms with Crippen molar-refractivity contribution in [3.8, 4) is 11.6 Å². The van der Waals surface area contributed by atoms with Crippen molar-refractivity contribution in [3.63, 3.8) is 0 Å². The number of hydrogen-bond acceptors (Lipinski definition) is 4. The first-order valence-corrected chi connectivity index (χ1v) is 5.90. The van der Waals surface area contributed by atoms with Gasteiger partial charge in [-0.3, -0.25) is 0 Å². The molecule has 0 aliphatic carbocycles. The van der Waals surface area contributed by atoms with Crippen LogP contribution >= 0.6 is 0 Å². The van der Waals surface area contributed by atoms with Crippen LogP contribution in [0.3, 0.4) is 0 Å². The molecule has 1 N–H and O–H groups in total. The van der Waals surface area contributed by atoms with Crippen molar-refractivity contribution in [2.75, 3.05) is 0 Å². The van der Waals surface area contributed by atoms with Gasteiger partial charge in [0.15, 0.2) is 0 Å². The van der Waals surface area contributed by atoms with Crippen LogP contribution < -0.4 is 4.74 Å². The third-order valence-corrected chi connectivity index (χ3v) is 2.63. The van der Waals surface area contributed by atoms with Crippen LogP contribution in [0.25, 0.3) is 0 Å². The summed E-state index contributed by atoms with van der Waals surface area (Å²) >= 11 is 0. The normalized spacial score (nSPS) is 10.7. The van der Waals surface area contributed by atoms with E-state index in [-0.39, 0.29) is 6.61 Å². The van der Waals surface area contributed by atoms with Crippen LogP contribution in [0, 0.1) is 0 Å². The monoisotopic (exact) mass is 244 g/mol. The smallest absolute Gasteiger partial charge is 0.238 e. The molecule has 0 aliphatic heterocycles. The molecule has 2 aromatic rings. The van der Waals surface area contributed by atoms with E-state index in [0.29, 0.717) is 17.5 Å². The topological polar surface area (TPSA) is 55.2 Å². The highest BCUT2D eigenvalue weighted by molar-refractivity contribution is 5.31. The summed E-state index contributed by atoms with van der Waals surface area (Å²) < 4.78 is 5.56. The molecule has 2 rings (SSSR count). The van der Waals surface area contributed by atoms with Gasteiger partial charge in [0.2, 0.25) is 5.88 Å². The van der Waals surface area contributed by atoms with E-state index in [2.05, 4.69) is 24.0 Å². The molecule has 94 valence electrons. The van der Waals surface area contributed by atoms with Gasteiger partial charge in [-0.25, -0.2) is 0 Å². The van der Waals surface area contributed by atoms with Crippen LogP contribution in [0.15, 0.2) is 36.4 Å². The molecule has 0 radical (unpaired) electrons. The van der Waals surface area contributed by atoms with Crippen molar-refractivity contribution in [2.45, 2.75) is 26.4 Å². The van der Waals surface area contributed by atoms with E-state index in [1.165, 1.54) is 5.56 Å². The second kappa shape index (κ2) is 5.60. The largest absolute Gasteiger partial charge is 0.438 e. The summed E-state index contributed by atoms with van der Waals surface area (Å²) in [6, 6.07) is 11.3. The lowest BCUT2D eigenvalue weighted by Gasteiger charge is -2.07. The van der Waals surface area contributed by atoms with Gasteiger partial charge in [-0.2, -0.15) is 0 Å². The Bertz CT molecular complexity index is 492. The number of nitrogens with zero attached hydrogens (tertiary/aromatic N) is 2. The van der Waals surface area contributed by atoms with Crippen molar-refractivity contribution in [1.82, 2.24) is 10.2 Å². The number of rotatable bonds is 4. The van der Waals surface area contributed by atoms with E-state index in [9.17, 15) is 0 Å². The van der Waals surface area contributed by atoms with Gasteiger partial charge >= 0.3 is 0 Å². The van der Waals surface area contributed by atoms with Crippen LogP contribution in [0.2, 0.25) is 0 Å². The standard InChI is InChI=1S/C14H16N2O2/c1-10(2)11-3-6-13(7-4-11)18-14-8-5-12(9-17)15-16-14/h3-8,10,17H,9H2,1-2H3. The summed E-state index contributed by atoms with van der Waals surface area (Å²) in [6.07, 6.45) is 0. The van der Waals surface area contributed by atoms with Gasteiger partial charge in [0.25, 0.3) is 0 Å². The number of aliphatic hydroxyl groups is 1. The van der Waals surface area contributed by atoms with Crippen molar-refractivity contribution in [1.29, 1.82) is 0 Å². The molecule has 0 amide bonds. The van der Waals surface area contributed by atoms with Crippen LogP contribution in [0.4, 0.5) is 0 Å². The van der Waals surface area contributed by atoms with E-state index >= 15 is 0 Å². The first-order chi connectivity index (χ1) is 8.69. The molecule has 1 aromatic heterocycles.